The number of piperidine rings is 1. The lowest BCUT2D eigenvalue weighted by Gasteiger charge is -2.33. The van der Waals surface area contributed by atoms with Gasteiger partial charge in [-0.1, -0.05) is 43.5 Å². The maximum Gasteiger partial charge on any atom is 0.251 e. The van der Waals surface area contributed by atoms with Gasteiger partial charge in [-0.25, -0.2) is 13.1 Å². The van der Waals surface area contributed by atoms with E-state index >= 15 is 0 Å². The van der Waals surface area contributed by atoms with Gasteiger partial charge in [0, 0.05) is 30.7 Å². The van der Waals surface area contributed by atoms with E-state index in [1.165, 1.54) is 44.1 Å². The lowest BCUT2D eigenvalue weighted by molar-refractivity contribution is 0.0950. The Morgan fingerprint density at radius 1 is 1.00 bits per heavy atom. The highest BCUT2D eigenvalue weighted by molar-refractivity contribution is 7.89. The summed E-state index contributed by atoms with van der Waals surface area (Å²) in [5.74, 6) is -0.0955. The van der Waals surface area contributed by atoms with Crippen LogP contribution in [-0.2, 0) is 23.1 Å². The summed E-state index contributed by atoms with van der Waals surface area (Å²) in [5, 5.41) is 2.91. The van der Waals surface area contributed by atoms with Crippen molar-refractivity contribution in [2.75, 3.05) is 13.7 Å². The molecule has 0 aromatic heterocycles. The number of rotatable bonds is 9. The minimum absolute atomic E-state index is 0.00385. The first-order valence-electron chi connectivity index (χ1n) is 12.7. The number of benzene rings is 2. The van der Waals surface area contributed by atoms with Gasteiger partial charge in [0.25, 0.3) is 5.91 Å². The molecule has 2 N–H and O–H groups in total. The van der Waals surface area contributed by atoms with Crippen LogP contribution in [0.5, 0.6) is 5.75 Å². The van der Waals surface area contributed by atoms with E-state index in [1.807, 2.05) is 12.1 Å². The Kier molecular flexibility index (Phi) is 8.46. The molecule has 2 aromatic rings. The van der Waals surface area contributed by atoms with Crippen molar-refractivity contribution in [1.29, 1.82) is 0 Å². The molecule has 1 amide bonds. The topological polar surface area (TPSA) is 87.7 Å². The van der Waals surface area contributed by atoms with Crippen LogP contribution in [0.4, 0.5) is 0 Å². The molecule has 1 atom stereocenters. The number of sulfonamides is 1. The van der Waals surface area contributed by atoms with Crippen LogP contribution in [0.2, 0.25) is 0 Å². The normalized spacial score (nSPS) is 19.5. The van der Waals surface area contributed by atoms with Crippen LogP contribution in [-0.4, -0.2) is 45.0 Å². The van der Waals surface area contributed by atoms with Gasteiger partial charge >= 0.3 is 0 Å². The van der Waals surface area contributed by atoms with Crippen LogP contribution in [0.25, 0.3) is 0 Å². The van der Waals surface area contributed by atoms with Crippen LogP contribution < -0.4 is 14.8 Å². The van der Waals surface area contributed by atoms with E-state index in [1.54, 1.807) is 6.07 Å². The minimum atomic E-state index is -3.79. The second-order valence-electron chi connectivity index (χ2n) is 9.78. The maximum atomic E-state index is 13.0. The van der Waals surface area contributed by atoms with Gasteiger partial charge in [0.15, 0.2) is 0 Å². The summed E-state index contributed by atoms with van der Waals surface area (Å²) in [6, 6.07) is 13.4. The minimum Gasteiger partial charge on any atom is -0.495 e. The third kappa shape index (κ3) is 6.63. The molecular weight excluding hydrogens is 462 g/mol. The largest absolute Gasteiger partial charge is 0.495 e. The fourth-order valence-corrected chi connectivity index (χ4v) is 6.53. The molecule has 1 aliphatic carbocycles. The van der Waals surface area contributed by atoms with E-state index in [4.69, 9.17) is 4.74 Å². The van der Waals surface area contributed by atoms with Crippen molar-refractivity contribution in [1.82, 2.24) is 14.9 Å². The van der Waals surface area contributed by atoms with Gasteiger partial charge in [0.05, 0.1) is 7.11 Å². The van der Waals surface area contributed by atoms with Crippen molar-refractivity contribution in [2.24, 2.45) is 0 Å². The van der Waals surface area contributed by atoms with E-state index in [2.05, 4.69) is 34.0 Å². The number of hydrogen-bond donors (Lipinski definition) is 2. The van der Waals surface area contributed by atoms with Crippen molar-refractivity contribution in [3.63, 3.8) is 0 Å². The van der Waals surface area contributed by atoms with E-state index < -0.39 is 10.0 Å². The predicted octanol–water partition coefficient (Wildman–Crippen LogP) is 4.22. The molecule has 190 valence electrons. The molecule has 1 unspecified atom stereocenters. The van der Waals surface area contributed by atoms with Crippen molar-refractivity contribution in [2.45, 2.75) is 81.9 Å². The molecule has 0 radical (unpaired) electrons. The van der Waals surface area contributed by atoms with Gasteiger partial charge in [-0.2, -0.15) is 0 Å². The molecule has 8 heteroatoms. The first-order chi connectivity index (χ1) is 16.9. The highest BCUT2D eigenvalue weighted by Gasteiger charge is 2.26. The molecule has 4 rings (SSSR count). The summed E-state index contributed by atoms with van der Waals surface area (Å²) in [6.45, 7) is 4.76. The number of carbonyl (C=O) groups excluding carboxylic acids is 1. The number of nitrogens with zero attached hydrogens (tertiary/aromatic N) is 1. The SMILES string of the molecule is COc1ccc(C(=O)NCc2ccc(CN3CCCCC3C)cc2)cc1S(=O)(=O)NC1CCCC1. The Hall–Kier alpha value is -2.42. The van der Waals surface area contributed by atoms with Crippen molar-refractivity contribution >= 4 is 15.9 Å². The highest BCUT2D eigenvalue weighted by Crippen LogP contribution is 2.27. The second kappa shape index (κ2) is 11.5. The lowest BCUT2D eigenvalue weighted by atomic mass is 10.0. The number of methoxy groups -OCH3 is 1. The molecule has 1 saturated heterocycles. The average Bonchev–Trinajstić information content (AvgIpc) is 3.36. The molecule has 1 heterocycles. The number of hydrogen-bond acceptors (Lipinski definition) is 5. The molecule has 0 bridgehead atoms. The van der Waals surface area contributed by atoms with Gasteiger partial charge in [0.1, 0.15) is 10.6 Å². The van der Waals surface area contributed by atoms with E-state index in [9.17, 15) is 13.2 Å². The van der Waals surface area contributed by atoms with Crippen molar-refractivity contribution in [3.05, 3.63) is 59.2 Å². The van der Waals surface area contributed by atoms with Crippen LogP contribution >= 0.6 is 0 Å². The standard InChI is InChI=1S/C27H37N3O4S/c1-20-7-5-6-16-30(20)19-22-12-10-21(11-13-22)18-28-27(31)23-14-15-25(34-2)26(17-23)35(32,33)29-24-8-3-4-9-24/h10-15,17,20,24,29H,3-9,16,18-19H2,1-2H3,(H,28,31). The van der Waals surface area contributed by atoms with E-state index in [0.29, 0.717) is 12.6 Å². The number of carbonyl (C=O) groups is 1. The van der Waals surface area contributed by atoms with Crippen LogP contribution in [0.15, 0.2) is 47.4 Å². The van der Waals surface area contributed by atoms with Gasteiger partial charge in [-0.05, 0) is 68.5 Å². The third-order valence-corrected chi connectivity index (χ3v) is 8.74. The summed E-state index contributed by atoms with van der Waals surface area (Å²) < 4.78 is 34.0. The summed E-state index contributed by atoms with van der Waals surface area (Å²) in [5.41, 5.74) is 2.56. The summed E-state index contributed by atoms with van der Waals surface area (Å²) in [7, 11) is -2.36. The second-order valence-corrected chi connectivity index (χ2v) is 11.5. The molecule has 35 heavy (non-hydrogen) atoms. The Bertz CT molecular complexity index is 1110. The molecule has 7 nitrogen and oxygen atoms in total. The first-order valence-corrected chi connectivity index (χ1v) is 14.1. The van der Waals surface area contributed by atoms with Gasteiger partial charge in [0.2, 0.25) is 10.0 Å². The fraction of sp³-hybridized carbons (Fsp3) is 0.519. The smallest absolute Gasteiger partial charge is 0.251 e. The molecular formula is C27H37N3O4S. The molecule has 0 spiro atoms. The summed E-state index contributed by atoms with van der Waals surface area (Å²) in [4.78, 5) is 15.4. The Balaban J connectivity index is 1.38. The number of ether oxygens (including phenoxy) is 1. The average molecular weight is 500 g/mol. The molecule has 2 aliphatic rings. The number of nitrogens with one attached hydrogen (secondary N) is 2. The highest BCUT2D eigenvalue weighted by atomic mass is 32.2. The summed E-state index contributed by atoms with van der Waals surface area (Å²) in [6.07, 6.45) is 7.54. The first kappa shape index (κ1) is 25.7. The molecule has 2 aromatic carbocycles. The van der Waals surface area contributed by atoms with Crippen molar-refractivity contribution < 1.29 is 17.9 Å². The Morgan fingerprint density at radius 3 is 2.37 bits per heavy atom. The van der Waals surface area contributed by atoms with Gasteiger partial charge in [-0.15, -0.1) is 0 Å². The van der Waals surface area contributed by atoms with Crippen LogP contribution in [0.1, 0.15) is 73.4 Å². The third-order valence-electron chi connectivity index (χ3n) is 7.19. The van der Waals surface area contributed by atoms with Gasteiger partial charge in [-0.3, -0.25) is 9.69 Å². The van der Waals surface area contributed by atoms with E-state index in [0.717, 1.165) is 44.3 Å². The quantitative estimate of drug-likeness (QED) is 0.539. The Morgan fingerprint density at radius 2 is 1.69 bits per heavy atom. The van der Waals surface area contributed by atoms with E-state index in [-0.39, 0.29) is 28.2 Å². The number of amides is 1. The maximum absolute atomic E-state index is 13.0. The monoisotopic (exact) mass is 499 g/mol. The predicted molar refractivity (Wildman–Crippen MR) is 137 cm³/mol. The lowest BCUT2D eigenvalue weighted by Crippen LogP contribution is -2.36. The van der Waals surface area contributed by atoms with Crippen LogP contribution in [0, 0.1) is 0 Å². The van der Waals surface area contributed by atoms with Crippen LogP contribution in [0.3, 0.4) is 0 Å². The fourth-order valence-electron chi connectivity index (χ4n) is 5.03. The van der Waals surface area contributed by atoms with Gasteiger partial charge < -0.3 is 10.1 Å². The molecule has 1 saturated carbocycles. The Labute approximate surface area is 209 Å². The zero-order valence-corrected chi connectivity index (χ0v) is 21.6. The number of likely N-dealkylation sites (tertiary alicyclic amines) is 1. The molecule has 1 aliphatic heterocycles. The zero-order valence-electron chi connectivity index (χ0n) is 20.8. The molecule has 2 fully saturated rings. The van der Waals surface area contributed by atoms with Crippen molar-refractivity contribution in [3.8, 4) is 5.75 Å². The zero-order chi connectivity index (χ0) is 24.8. The summed E-state index contributed by atoms with van der Waals surface area (Å²) >= 11 is 0.